The first kappa shape index (κ1) is 17.0. The minimum Gasteiger partial charge on any atom is -0.331 e. The van der Waals surface area contributed by atoms with Crippen molar-refractivity contribution in [3.05, 3.63) is 68.4 Å². The van der Waals surface area contributed by atoms with E-state index in [0.717, 1.165) is 6.07 Å². The van der Waals surface area contributed by atoms with Crippen molar-refractivity contribution in [2.45, 2.75) is 0 Å². The number of thiocarbonyl (C=S) groups is 1. The summed E-state index contributed by atoms with van der Waals surface area (Å²) in [5, 5.41) is 15.8. The maximum atomic E-state index is 13.1. The molecule has 118 valence electrons. The zero-order chi connectivity index (χ0) is 17.0. The third-order valence-electron chi connectivity index (χ3n) is 2.73. The largest absolute Gasteiger partial charge is 0.331 e. The quantitative estimate of drug-likeness (QED) is 0.469. The number of nitro benzene ring substituents is 1. The molecule has 0 spiro atoms. The van der Waals surface area contributed by atoms with E-state index in [4.69, 9.17) is 12.2 Å². The fourth-order valence-electron chi connectivity index (χ4n) is 1.68. The summed E-state index contributed by atoms with van der Waals surface area (Å²) in [6.07, 6.45) is 0. The Morgan fingerprint density at radius 3 is 2.61 bits per heavy atom. The van der Waals surface area contributed by atoms with Gasteiger partial charge in [0.25, 0.3) is 11.6 Å². The number of carbonyl (C=O) groups excluding carboxylic acids is 1. The third kappa shape index (κ3) is 4.54. The molecule has 0 atom stereocenters. The van der Waals surface area contributed by atoms with Gasteiger partial charge in [0.1, 0.15) is 5.82 Å². The van der Waals surface area contributed by atoms with Gasteiger partial charge < -0.3 is 5.32 Å². The van der Waals surface area contributed by atoms with Gasteiger partial charge in [0.2, 0.25) is 0 Å². The molecule has 9 heteroatoms. The fraction of sp³-hybridized carbons (Fsp3) is 0. The maximum absolute atomic E-state index is 13.1. The van der Waals surface area contributed by atoms with Crippen molar-refractivity contribution in [1.29, 1.82) is 0 Å². The molecule has 2 aromatic rings. The average molecular weight is 398 g/mol. The molecule has 1 amide bonds. The first-order valence-corrected chi connectivity index (χ1v) is 7.39. The highest BCUT2D eigenvalue weighted by Crippen LogP contribution is 2.27. The summed E-state index contributed by atoms with van der Waals surface area (Å²) < 4.78 is 13.5. The Hall–Kier alpha value is -2.39. The molecule has 2 aromatic carbocycles. The van der Waals surface area contributed by atoms with Crippen LogP contribution in [-0.4, -0.2) is 15.9 Å². The molecule has 0 aromatic heterocycles. The van der Waals surface area contributed by atoms with E-state index in [2.05, 4.69) is 26.6 Å². The van der Waals surface area contributed by atoms with Crippen LogP contribution in [0.2, 0.25) is 0 Å². The highest BCUT2D eigenvalue weighted by atomic mass is 79.9. The first-order valence-electron chi connectivity index (χ1n) is 6.18. The standard InChI is InChI=1S/C14H9BrFN3O3S/c15-11-7-10(19(21)22)4-5-12(11)17-14(23)18-13(20)8-2-1-3-9(16)6-8/h1-7H,(H2,17,18,20,23). The van der Waals surface area contributed by atoms with Gasteiger partial charge in [-0.25, -0.2) is 4.39 Å². The number of amides is 1. The van der Waals surface area contributed by atoms with Crippen LogP contribution >= 0.6 is 28.1 Å². The molecule has 0 heterocycles. The van der Waals surface area contributed by atoms with Crippen molar-refractivity contribution in [1.82, 2.24) is 5.32 Å². The Balaban J connectivity index is 2.05. The van der Waals surface area contributed by atoms with Gasteiger partial charge in [0.15, 0.2) is 5.11 Å². The van der Waals surface area contributed by atoms with Crippen LogP contribution < -0.4 is 10.6 Å². The number of nitrogens with zero attached hydrogens (tertiary/aromatic N) is 1. The minimum atomic E-state index is -0.569. The summed E-state index contributed by atoms with van der Waals surface area (Å²) in [7, 11) is 0. The molecule has 2 rings (SSSR count). The predicted molar refractivity (Wildman–Crippen MR) is 90.9 cm³/mol. The van der Waals surface area contributed by atoms with Gasteiger partial charge in [0.05, 0.1) is 10.6 Å². The number of nitrogens with one attached hydrogen (secondary N) is 2. The number of hydrogen-bond donors (Lipinski definition) is 2. The molecule has 0 aliphatic carbocycles. The van der Waals surface area contributed by atoms with E-state index in [9.17, 15) is 19.3 Å². The molecule has 23 heavy (non-hydrogen) atoms. The Kier molecular flexibility index (Phi) is 5.35. The molecular weight excluding hydrogens is 389 g/mol. The van der Waals surface area contributed by atoms with E-state index in [1.165, 1.54) is 36.4 Å². The van der Waals surface area contributed by atoms with Crippen LogP contribution in [0.5, 0.6) is 0 Å². The normalized spacial score (nSPS) is 10.0. The fourth-order valence-corrected chi connectivity index (χ4v) is 2.35. The Morgan fingerprint density at radius 1 is 1.26 bits per heavy atom. The van der Waals surface area contributed by atoms with E-state index >= 15 is 0 Å². The van der Waals surface area contributed by atoms with Crippen LogP contribution in [0.25, 0.3) is 0 Å². The lowest BCUT2D eigenvalue weighted by Gasteiger charge is -2.11. The van der Waals surface area contributed by atoms with Gasteiger partial charge in [-0.2, -0.15) is 0 Å². The number of carbonyl (C=O) groups is 1. The second-order valence-electron chi connectivity index (χ2n) is 4.34. The summed E-state index contributed by atoms with van der Waals surface area (Å²) in [5.74, 6) is -1.10. The van der Waals surface area contributed by atoms with E-state index in [-0.39, 0.29) is 16.4 Å². The summed E-state index contributed by atoms with van der Waals surface area (Å²) in [4.78, 5) is 22.1. The molecule has 0 saturated carbocycles. The topological polar surface area (TPSA) is 84.3 Å². The molecule has 0 saturated heterocycles. The molecule has 2 N–H and O–H groups in total. The van der Waals surface area contributed by atoms with Crippen molar-refractivity contribution in [3.8, 4) is 0 Å². The second-order valence-corrected chi connectivity index (χ2v) is 5.60. The van der Waals surface area contributed by atoms with Crippen molar-refractivity contribution in [3.63, 3.8) is 0 Å². The van der Waals surface area contributed by atoms with E-state index in [1.807, 2.05) is 0 Å². The van der Waals surface area contributed by atoms with E-state index in [0.29, 0.717) is 10.2 Å². The number of benzene rings is 2. The smallest absolute Gasteiger partial charge is 0.270 e. The summed E-state index contributed by atoms with van der Waals surface area (Å²) in [5.41, 5.74) is 0.481. The average Bonchev–Trinajstić information content (AvgIpc) is 2.49. The molecule has 0 radical (unpaired) electrons. The van der Waals surface area contributed by atoms with Gasteiger partial charge in [-0.3, -0.25) is 20.2 Å². The van der Waals surface area contributed by atoms with Gasteiger partial charge >= 0.3 is 0 Å². The molecule has 0 fully saturated rings. The van der Waals surface area contributed by atoms with Crippen LogP contribution in [-0.2, 0) is 0 Å². The number of anilines is 1. The zero-order valence-corrected chi connectivity index (χ0v) is 13.8. The minimum absolute atomic E-state index is 0.0196. The Morgan fingerprint density at radius 2 is 2.00 bits per heavy atom. The third-order valence-corrected chi connectivity index (χ3v) is 3.59. The maximum Gasteiger partial charge on any atom is 0.270 e. The van der Waals surface area contributed by atoms with Crippen LogP contribution in [0, 0.1) is 15.9 Å². The number of hydrogen-bond acceptors (Lipinski definition) is 4. The van der Waals surface area contributed by atoms with Crippen LogP contribution in [0.1, 0.15) is 10.4 Å². The highest BCUT2D eigenvalue weighted by molar-refractivity contribution is 9.10. The van der Waals surface area contributed by atoms with Crippen LogP contribution in [0.3, 0.4) is 0 Å². The van der Waals surface area contributed by atoms with Crippen LogP contribution in [0.4, 0.5) is 15.8 Å². The summed E-state index contributed by atoms with van der Waals surface area (Å²) in [6, 6.07) is 9.21. The van der Waals surface area contributed by atoms with Gasteiger partial charge in [-0.1, -0.05) is 6.07 Å². The molecule has 0 aliphatic rings. The lowest BCUT2D eigenvalue weighted by Crippen LogP contribution is -2.34. The lowest BCUT2D eigenvalue weighted by atomic mass is 10.2. The summed E-state index contributed by atoms with van der Waals surface area (Å²) in [6.45, 7) is 0. The Bertz CT molecular complexity index is 801. The molecule has 0 aliphatic heterocycles. The van der Waals surface area contributed by atoms with Crippen molar-refractivity contribution in [2.24, 2.45) is 0 Å². The van der Waals surface area contributed by atoms with Crippen molar-refractivity contribution in [2.75, 3.05) is 5.32 Å². The van der Waals surface area contributed by atoms with Crippen molar-refractivity contribution >= 4 is 50.5 Å². The first-order chi connectivity index (χ1) is 10.9. The van der Waals surface area contributed by atoms with Gasteiger partial charge in [0, 0.05) is 22.2 Å². The number of non-ortho nitro benzene ring substituents is 1. The zero-order valence-electron chi connectivity index (χ0n) is 11.4. The Labute approximate surface area is 144 Å². The second kappa shape index (κ2) is 7.25. The number of rotatable bonds is 3. The SMILES string of the molecule is O=C(NC(=S)Nc1ccc([N+](=O)[O-])cc1Br)c1cccc(F)c1. The monoisotopic (exact) mass is 397 g/mol. The molecular formula is C14H9BrFN3O3S. The van der Waals surface area contributed by atoms with Crippen LogP contribution in [0.15, 0.2) is 46.9 Å². The highest BCUT2D eigenvalue weighted by Gasteiger charge is 2.12. The lowest BCUT2D eigenvalue weighted by molar-refractivity contribution is -0.384. The number of halogens is 2. The molecule has 0 bridgehead atoms. The molecule has 0 unspecified atom stereocenters. The van der Waals surface area contributed by atoms with Gasteiger partial charge in [-0.05, 0) is 52.4 Å². The number of nitro groups is 1. The van der Waals surface area contributed by atoms with E-state index in [1.54, 1.807) is 0 Å². The molecule has 6 nitrogen and oxygen atoms in total. The van der Waals surface area contributed by atoms with E-state index < -0.39 is 16.6 Å². The van der Waals surface area contributed by atoms with Gasteiger partial charge in [-0.15, -0.1) is 0 Å². The predicted octanol–water partition coefficient (Wildman–Crippen LogP) is 3.62. The van der Waals surface area contributed by atoms with Crippen molar-refractivity contribution < 1.29 is 14.1 Å². The summed E-state index contributed by atoms with van der Waals surface area (Å²) >= 11 is 8.17.